The maximum Gasteiger partial charge on any atom is 0.191 e. The zero-order chi connectivity index (χ0) is 13.1. The Kier molecular flexibility index (Phi) is 7.63. The highest BCUT2D eigenvalue weighted by molar-refractivity contribution is 5.79. The van der Waals surface area contributed by atoms with Crippen molar-refractivity contribution in [2.75, 3.05) is 33.4 Å². The van der Waals surface area contributed by atoms with E-state index in [1.54, 1.807) is 13.3 Å². The first-order chi connectivity index (χ1) is 8.86. The molecule has 2 N–H and O–H groups in total. The standard InChI is InChI=1S/C12H23N5O/c1-3-13-12(15-8-11-18-2)14-6-4-9-17-10-5-7-16-17/h5,7,10H,3-4,6,8-9,11H2,1-2H3,(H2,13,14,15). The van der Waals surface area contributed by atoms with Gasteiger partial charge in [-0.3, -0.25) is 9.67 Å². The van der Waals surface area contributed by atoms with E-state index in [1.807, 2.05) is 16.9 Å². The highest BCUT2D eigenvalue weighted by Crippen LogP contribution is 1.90. The topological polar surface area (TPSA) is 63.5 Å². The number of ether oxygens (including phenoxy) is 1. The van der Waals surface area contributed by atoms with E-state index in [0.29, 0.717) is 6.61 Å². The Hall–Kier alpha value is -1.56. The van der Waals surface area contributed by atoms with E-state index in [4.69, 9.17) is 4.74 Å². The molecule has 0 spiro atoms. The Labute approximate surface area is 108 Å². The lowest BCUT2D eigenvalue weighted by molar-refractivity contribution is 0.203. The van der Waals surface area contributed by atoms with Crippen molar-refractivity contribution < 1.29 is 4.74 Å². The Morgan fingerprint density at radius 2 is 2.33 bits per heavy atom. The van der Waals surface area contributed by atoms with Crippen molar-refractivity contribution in [2.45, 2.75) is 19.9 Å². The van der Waals surface area contributed by atoms with Crippen LogP contribution in [0.5, 0.6) is 0 Å². The molecule has 102 valence electrons. The number of rotatable bonds is 8. The summed E-state index contributed by atoms with van der Waals surface area (Å²) in [7, 11) is 1.69. The van der Waals surface area contributed by atoms with Crippen molar-refractivity contribution in [1.29, 1.82) is 0 Å². The van der Waals surface area contributed by atoms with E-state index in [0.717, 1.165) is 38.6 Å². The van der Waals surface area contributed by atoms with Gasteiger partial charge in [-0.25, -0.2) is 0 Å². The smallest absolute Gasteiger partial charge is 0.191 e. The minimum atomic E-state index is 0.678. The average molecular weight is 253 g/mol. The van der Waals surface area contributed by atoms with Gasteiger partial charge in [0.15, 0.2) is 5.96 Å². The summed E-state index contributed by atoms with van der Waals surface area (Å²) < 4.78 is 6.91. The Bertz CT molecular complexity index is 323. The quantitative estimate of drug-likeness (QED) is 0.402. The summed E-state index contributed by atoms with van der Waals surface area (Å²) in [5, 5.41) is 10.6. The number of nitrogens with zero attached hydrogens (tertiary/aromatic N) is 3. The molecule has 0 aliphatic rings. The summed E-state index contributed by atoms with van der Waals surface area (Å²) in [6.45, 7) is 6.03. The van der Waals surface area contributed by atoms with Crippen molar-refractivity contribution >= 4 is 5.96 Å². The highest BCUT2D eigenvalue weighted by atomic mass is 16.5. The van der Waals surface area contributed by atoms with Crippen molar-refractivity contribution in [3.8, 4) is 0 Å². The fourth-order valence-corrected chi connectivity index (χ4v) is 1.47. The van der Waals surface area contributed by atoms with Crippen LogP contribution in [0.2, 0.25) is 0 Å². The number of aliphatic imine (C=N–C) groups is 1. The molecular weight excluding hydrogens is 230 g/mol. The second kappa shape index (κ2) is 9.47. The molecule has 6 heteroatoms. The predicted octanol–water partition coefficient (Wildman–Crippen LogP) is 0.475. The maximum absolute atomic E-state index is 4.99. The van der Waals surface area contributed by atoms with Crippen molar-refractivity contribution in [3.63, 3.8) is 0 Å². The van der Waals surface area contributed by atoms with Crippen LogP contribution in [0.15, 0.2) is 23.5 Å². The van der Waals surface area contributed by atoms with Crippen LogP contribution >= 0.6 is 0 Å². The number of aryl methyl sites for hydroxylation is 1. The first-order valence-electron chi connectivity index (χ1n) is 6.35. The van der Waals surface area contributed by atoms with Gasteiger partial charge in [0.05, 0.1) is 6.61 Å². The molecule has 1 aromatic rings. The van der Waals surface area contributed by atoms with Crippen molar-refractivity contribution in [1.82, 2.24) is 20.4 Å². The van der Waals surface area contributed by atoms with Gasteiger partial charge in [-0.05, 0) is 19.4 Å². The zero-order valence-corrected chi connectivity index (χ0v) is 11.2. The highest BCUT2D eigenvalue weighted by Gasteiger charge is 1.96. The van der Waals surface area contributed by atoms with Gasteiger partial charge in [0.2, 0.25) is 0 Å². The van der Waals surface area contributed by atoms with Gasteiger partial charge in [0, 0.05) is 45.7 Å². The van der Waals surface area contributed by atoms with E-state index in [1.165, 1.54) is 0 Å². The minimum absolute atomic E-state index is 0.678. The molecule has 18 heavy (non-hydrogen) atoms. The van der Waals surface area contributed by atoms with Crippen LogP contribution in [0.25, 0.3) is 0 Å². The molecule has 0 aliphatic heterocycles. The summed E-state index contributed by atoms with van der Waals surface area (Å²) in [4.78, 5) is 4.48. The van der Waals surface area contributed by atoms with Gasteiger partial charge < -0.3 is 15.4 Å². The molecule has 0 atom stereocenters. The molecular formula is C12H23N5O. The third kappa shape index (κ3) is 6.24. The largest absolute Gasteiger partial charge is 0.383 e. The summed E-state index contributed by atoms with van der Waals surface area (Å²) >= 11 is 0. The van der Waals surface area contributed by atoms with Crippen LogP contribution in [0.1, 0.15) is 13.3 Å². The fourth-order valence-electron chi connectivity index (χ4n) is 1.47. The van der Waals surface area contributed by atoms with E-state index in [2.05, 4.69) is 27.6 Å². The second-order valence-electron chi connectivity index (χ2n) is 3.80. The molecule has 0 amide bonds. The van der Waals surface area contributed by atoms with E-state index in [9.17, 15) is 0 Å². The third-order valence-corrected chi connectivity index (χ3v) is 2.32. The Morgan fingerprint density at radius 3 is 3.00 bits per heavy atom. The molecule has 6 nitrogen and oxygen atoms in total. The number of hydrogen-bond acceptors (Lipinski definition) is 3. The lowest BCUT2D eigenvalue weighted by Crippen LogP contribution is -2.39. The molecule has 0 saturated carbocycles. The fraction of sp³-hybridized carbons (Fsp3) is 0.667. The Balaban J connectivity index is 2.21. The first-order valence-corrected chi connectivity index (χ1v) is 6.35. The normalized spacial score (nSPS) is 11.6. The Morgan fingerprint density at radius 1 is 1.44 bits per heavy atom. The van der Waals surface area contributed by atoms with E-state index >= 15 is 0 Å². The monoisotopic (exact) mass is 253 g/mol. The molecule has 0 fully saturated rings. The summed E-state index contributed by atoms with van der Waals surface area (Å²) in [5.74, 6) is 0.843. The lowest BCUT2D eigenvalue weighted by atomic mass is 10.4. The summed E-state index contributed by atoms with van der Waals surface area (Å²) in [6, 6.07) is 1.93. The lowest BCUT2D eigenvalue weighted by Gasteiger charge is -2.10. The molecule has 0 bridgehead atoms. The SMILES string of the molecule is CCNC(=NCCCn1cccn1)NCCOC. The predicted molar refractivity (Wildman–Crippen MR) is 72.7 cm³/mol. The van der Waals surface area contributed by atoms with Crippen molar-refractivity contribution in [3.05, 3.63) is 18.5 Å². The molecule has 1 heterocycles. The van der Waals surface area contributed by atoms with E-state index in [-0.39, 0.29) is 0 Å². The van der Waals surface area contributed by atoms with Gasteiger partial charge in [-0.1, -0.05) is 0 Å². The third-order valence-electron chi connectivity index (χ3n) is 2.32. The van der Waals surface area contributed by atoms with Gasteiger partial charge >= 0.3 is 0 Å². The molecule has 0 aromatic carbocycles. The van der Waals surface area contributed by atoms with Gasteiger partial charge in [-0.15, -0.1) is 0 Å². The first kappa shape index (κ1) is 14.5. The molecule has 1 aromatic heterocycles. The van der Waals surface area contributed by atoms with Gasteiger partial charge in [0.1, 0.15) is 0 Å². The molecule has 1 rings (SSSR count). The van der Waals surface area contributed by atoms with Crippen LogP contribution in [0.4, 0.5) is 0 Å². The number of guanidine groups is 1. The molecule has 0 unspecified atom stereocenters. The van der Waals surface area contributed by atoms with Crippen LogP contribution in [-0.2, 0) is 11.3 Å². The summed E-state index contributed by atoms with van der Waals surface area (Å²) in [6.07, 6.45) is 4.73. The zero-order valence-electron chi connectivity index (χ0n) is 11.2. The molecule has 0 saturated heterocycles. The number of nitrogens with one attached hydrogen (secondary N) is 2. The van der Waals surface area contributed by atoms with Crippen LogP contribution in [0.3, 0.4) is 0 Å². The average Bonchev–Trinajstić information content (AvgIpc) is 2.88. The van der Waals surface area contributed by atoms with Crippen LogP contribution in [-0.4, -0.2) is 49.1 Å². The van der Waals surface area contributed by atoms with Crippen molar-refractivity contribution in [2.24, 2.45) is 4.99 Å². The van der Waals surface area contributed by atoms with Gasteiger partial charge in [-0.2, -0.15) is 5.10 Å². The van der Waals surface area contributed by atoms with Crippen LogP contribution < -0.4 is 10.6 Å². The summed E-state index contributed by atoms with van der Waals surface area (Å²) in [5.41, 5.74) is 0. The number of methoxy groups -OCH3 is 1. The molecule has 0 aliphatic carbocycles. The van der Waals surface area contributed by atoms with Crippen LogP contribution in [0, 0.1) is 0 Å². The molecule has 0 radical (unpaired) electrons. The minimum Gasteiger partial charge on any atom is -0.383 e. The number of aromatic nitrogens is 2. The number of hydrogen-bond donors (Lipinski definition) is 2. The van der Waals surface area contributed by atoms with E-state index < -0.39 is 0 Å². The maximum atomic E-state index is 4.99. The second-order valence-corrected chi connectivity index (χ2v) is 3.80. The van der Waals surface area contributed by atoms with Gasteiger partial charge in [0.25, 0.3) is 0 Å².